The van der Waals surface area contributed by atoms with Gasteiger partial charge in [0, 0.05) is 0 Å². The molecule has 0 atom stereocenters. The third kappa shape index (κ3) is 1.25. The molecular weight excluding hydrogens is 112 g/mol. The molecule has 0 heterocycles. The summed E-state index contributed by atoms with van der Waals surface area (Å²) in [5.74, 6) is 0. The van der Waals surface area contributed by atoms with Gasteiger partial charge >= 0.3 is 0 Å². The van der Waals surface area contributed by atoms with Crippen LogP contribution in [-0.4, -0.2) is 11.4 Å². The van der Waals surface area contributed by atoms with E-state index in [4.69, 9.17) is 10.8 Å². The summed E-state index contributed by atoms with van der Waals surface area (Å²) in [6, 6.07) is 0. The van der Waals surface area contributed by atoms with Crippen LogP contribution in [-0.2, 0) is 0 Å². The fraction of sp³-hybridized carbons (Fsp3) is 0.429. The van der Waals surface area contributed by atoms with E-state index in [0.29, 0.717) is 11.4 Å². The molecule has 0 spiro atoms. The molecule has 0 aliphatic heterocycles. The zero-order chi connectivity index (χ0) is 6.85. The van der Waals surface area contributed by atoms with Gasteiger partial charge < -0.3 is 5.41 Å². The fourth-order valence-electron chi connectivity index (χ4n) is 0.863. The van der Waals surface area contributed by atoms with E-state index < -0.39 is 0 Å². The molecule has 2 nitrogen and oxygen atoms in total. The van der Waals surface area contributed by atoms with Crippen molar-refractivity contribution in [2.75, 3.05) is 0 Å². The summed E-state index contributed by atoms with van der Waals surface area (Å²) < 4.78 is 0. The second-order valence-corrected chi connectivity index (χ2v) is 2.38. The van der Waals surface area contributed by atoms with E-state index in [1.165, 1.54) is 5.57 Å². The first kappa shape index (κ1) is 6.20. The van der Waals surface area contributed by atoms with Gasteiger partial charge in [-0.1, -0.05) is 5.57 Å². The number of hydrogen-bond acceptors (Lipinski definition) is 2. The Bertz CT molecular complexity index is 189. The molecule has 9 heavy (non-hydrogen) atoms. The van der Waals surface area contributed by atoms with Crippen molar-refractivity contribution in [3.63, 3.8) is 0 Å². The van der Waals surface area contributed by atoms with E-state index in [1.54, 1.807) is 6.08 Å². The Kier molecular flexibility index (Phi) is 1.47. The first-order valence-electron chi connectivity index (χ1n) is 3.03. The zero-order valence-corrected chi connectivity index (χ0v) is 5.49. The minimum atomic E-state index is 0.388. The molecular formula is C7H10N2. The Morgan fingerprint density at radius 3 is 2.44 bits per heavy atom. The van der Waals surface area contributed by atoms with E-state index in [1.807, 2.05) is 6.92 Å². The molecule has 0 unspecified atom stereocenters. The molecule has 0 radical (unpaired) electrons. The first-order chi connectivity index (χ1) is 4.20. The predicted molar refractivity (Wildman–Crippen MR) is 38.4 cm³/mol. The molecule has 2 N–H and O–H groups in total. The molecule has 0 saturated heterocycles. The average molecular weight is 122 g/mol. The van der Waals surface area contributed by atoms with Gasteiger partial charge in [0.2, 0.25) is 0 Å². The van der Waals surface area contributed by atoms with Crippen LogP contribution in [0.1, 0.15) is 19.8 Å². The SMILES string of the molecule is CC1=CC(=N)C(=N)CC1. The average Bonchev–Trinajstić information content (AvgIpc) is 1.80. The zero-order valence-electron chi connectivity index (χ0n) is 5.49. The molecule has 1 rings (SSSR count). The quantitative estimate of drug-likeness (QED) is 0.492. The van der Waals surface area contributed by atoms with Crippen LogP contribution in [0, 0.1) is 10.8 Å². The maximum atomic E-state index is 7.22. The van der Waals surface area contributed by atoms with Gasteiger partial charge in [0.15, 0.2) is 0 Å². The lowest BCUT2D eigenvalue weighted by Crippen LogP contribution is -2.13. The Labute approximate surface area is 54.6 Å². The molecule has 1 aliphatic rings. The third-order valence-corrected chi connectivity index (χ3v) is 1.49. The Morgan fingerprint density at radius 2 is 2.00 bits per heavy atom. The number of nitrogens with one attached hydrogen (secondary N) is 2. The summed E-state index contributed by atoms with van der Waals surface area (Å²) in [4.78, 5) is 0. The highest BCUT2D eigenvalue weighted by Gasteiger charge is 2.08. The second kappa shape index (κ2) is 2.13. The van der Waals surface area contributed by atoms with Crippen LogP contribution in [0.25, 0.3) is 0 Å². The summed E-state index contributed by atoms with van der Waals surface area (Å²) in [5.41, 5.74) is 2.08. The largest absolute Gasteiger partial charge is 0.303 e. The Morgan fingerprint density at radius 1 is 1.33 bits per heavy atom. The van der Waals surface area contributed by atoms with Gasteiger partial charge in [-0.05, 0) is 25.8 Å². The molecule has 1 aliphatic carbocycles. The highest BCUT2D eigenvalue weighted by Crippen LogP contribution is 2.11. The predicted octanol–water partition coefficient (Wildman–Crippen LogP) is 1.77. The third-order valence-electron chi connectivity index (χ3n) is 1.49. The molecule has 0 aromatic carbocycles. The monoisotopic (exact) mass is 122 g/mol. The summed E-state index contributed by atoms with van der Waals surface area (Å²) in [5, 5.41) is 14.4. The van der Waals surface area contributed by atoms with Crippen LogP contribution in [0.5, 0.6) is 0 Å². The molecule has 0 fully saturated rings. The number of hydrogen-bond donors (Lipinski definition) is 2. The molecule has 0 saturated carbocycles. The van der Waals surface area contributed by atoms with Crippen molar-refractivity contribution in [1.82, 2.24) is 0 Å². The molecule has 0 bridgehead atoms. The second-order valence-electron chi connectivity index (χ2n) is 2.38. The molecule has 2 heteroatoms. The maximum Gasteiger partial charge on any atom is 0.0747 e. The van der Waals surface area contributed by atoms with Crippen LogP contribution in [0.15, 0.2) is 11.6 Å². The molecule has 0 amide bonds. The summed E-state index contributed by atoms with van der Waals surface area (Å²) in [6.07, 6.45) is 3.48. The Hall–Kier alpha value is -0.920. The molecule has 48 valence electrons. The van der Waals surface area contributed by atoms with Crippen molar-refractivity contribution in [3.05, 3.63) is 11.6 Å². The van der Waals surface area contributed by atoms with E-state index >= 15 is 0 Å². The van der Waals surface area contributed by atoms with Gasteiger partial charge in [0.1, 0.15) is 0 Å². The van der Waals surface area contributed by atoms with Gasteiger partial charge in [-0.15, -0.1) is 0 Å². The molecule has 0 aromatic heterocycles. The number of allylic oxidation sites excluding steroid dienone is 2. The van der Waals surface area contributed by atoms with Gasteiger partial charge in [0.25, 0.3) is 0 Å². The van der Waals surface area contributed by atoms with Gasteiger partial charge in [-0.2, -0.15) is 0 Å². The van der Waals surface area contributed by atoms with Crippen molar-refractivity contribution in [3.8, 4) is 0 Å². The van der Waals surface area contributed by atoms with E-state index in [0.717, 1.165) is 12.8 Å². The lowest BCUT2D eigenvalue weighted by molar-refractivity contribution is 1.000. The topological polar surface area (TPSA) is 47.7 Å². The van der Waals surface area contributed by atoms with Crippen molar-refractivity contribution < 1.29 is 0 Å². The maximum absolute atomic E-state index is 7.22. The molecule has 0 aromatic rings. The van der Waals surface area contributed by atoms with Crippen LogP contribution < -0.4 is 0 Å². The fourth-order valence-corrected chi connectivity index (χ4v) is 0.863. The van der Waals surface area contributed by atoms with E-state index in [9.17, 15) is 0 Å². The minimum Gasteiger partial charge on any atom is -0.303 e. The number of rotatable bonds is 0. The first-order valence-corrected chi connectivity index (χ1v) is 3.03. The van der Waals surface area contributed by atoms with E-state index in [-0.39, 0.29) is 0 Å². The van der Waals surface area contributed by atoms with E-state index in [2.05, 4.69) is 0 Å². The van der Waals surface area contributed by atoms with Crippen LogP contribution >= 0.6 is 0 Å². The summed E-state index contributed by atoms with van der Waals surface area (Å²) in [7, 11) is 0. The van der Waals surface area contributed by atoms with Gasteiger partial charge in [0.05, 0.1) is 11.4 Å². The van der Waals surface area contributed by atoms with Crippen molar-refractivity contribution in [1.29, 1.82) is 10.8 Å². The lowest BCUT2D eigenvalue weighted by Gasteiger charge is -2.09. The normalized spacial score (nSPS) is 19.9. The van der Waals surface area contributed by atoms with Gasteiger partial charge in [-0.25, -0.2) is 0 Å². The van der Waals surface area contributed by atoms with Crippen LogP contribution in [0.3, 0.4) is 0 Å². The summed E-state index contributed by atoms with van der Waals surface area (Å²) >= 11 is 0. The van der Waals surface area contributed by atoms with Crippen LogP contribution in [0.4, 0.5) is 0 Å². The Balaban J connectivity index is 2.82. The highest BCUT2D eigenvalue weighted by atomic mass is 14.5. The minimum absolute atomic E-state index is 0.388. The van der Waals surface area contributed by atoms with Crippen molar-refractivity contribution in [2.45, 2.75) is 19.8 Å². The lowest BCUT2D eigenvalue weighted by atomic mass is 9.98. The summed E-state index contributed by atoms with van der Waals surface area (Å²) in [6.45, 7) is 2.00. The highest BCUT2D eigenvalue weighted by molar-refractivity contribution is 6.44. The van der Waals surface area contributed by atoms with Crippen LogP contribution in [0.2, 0.25) is 0 Å². The van der Waals surface area contributed by atoms with Crippen molar-refractivity contribution in [2.24, 2.45) is 0 Å². The smallest absolute Gasteiger partial charge is 0.0747 e. The van der Waals surface area contributed by atoms with Gasteiger partial charge in [-0.3, -0.25) is 5.41 Å². The van der Waals surface area contributed by atoms with Crippen molar-refractivity contribution >= 4 is 11.4 Å². The standard InChI is InChI=1S/C7H10N2/c1-5-2-3-6(8)7(9)4-5/h4,8-9H,2-3H2,1H3.